The van der Waals surface area contributed by atoms with Gasteiger partial charge in [-0.25, -0.2) is 5.43 Å². The maximum absolute atomic E-state index is 5.13. The zero-order valence-corrected chi connectivity index (χ0v) is 3.84. The van der Waals surface area contributed by atoms with Gasteiger partial charge in [-0.1, -0.05) is 0 Å². The molecule has 0 bridgehead atoms. The molecule has 32 valence electrons. The summed E-state index contributed by atoms with van der Waals surface area (Å²) in [7, 11) is 1.77. The smallest absolute Gasteiger partial charge is 0.0844 e. The van der Waals surface area contributed by atoms with Gasteiger partial charge < -0.3 is 0 Å². The SMILES string of the molecule is CNNCCl. The lowest BCUT2D eigenvalue weighted by Gasteiger charge is -1.88. The van der Waals surface area contributed by atoms with Crippen molar-refractivity contribution in [2.75, 3.05) is 13.1 Å². The van der Waals surface area contributed by atoms with Crippen molar-refractivity contribution in [1.29, 1.82) is 0 Å². The molecule has 0 aliphatic carbocycles. The molecule has 0 aromatic rings. The Bertz CT molecular complexity index is 15.1. The van der Waals surface area contributed by atoms with Crippen molar-refractivity contribution >= 4 is 11.6 Å². The summed E-state index contributed by atoms with van der Waals surface area (Å²) in [5.41, 5.74) is 5.26. The van der Waals surface area contributed by atoms with Crippen molar-refractivity contribution in [1.82, 2.24) is 10.9 Å². The highest BCUT2D eigenvalue weighted by Crippen LogP contribution is 1.55. The van der Waals surface area contributed by atoms with Crippen molar-refractivity contribution in [2.45, 2.75) is 0 Å². The van der Waals surface area contributed by atoms with Crippen LogP contribution < -0.4 is 10.9 Å². The molecular weight excluding hydrogens is 87.5 g/mol. The van der Waals surface area contributed by atoms with E-state index in [0.717, 1.165) is 0 Å². The number of hydrogen-bond acceptors (Lipinski definition) is 2. The summed E-state index contributed by atoms with van der Waals surface area (Å²) in [5, 5.41) is 0. The van der Waals surface area contributed by atoms with Crippen LogP contribution in [0.1, 0.15) is 0 Å². The molecule has 0 atom stereocenters. The molecule has 0 spiro atoms. The average Bonchev–Trinajstić information content (AvgIpc) is 1.41. The minimum Gasteiger partial charge on any atom is -0.260 e. The van der Waals surface area contributed by atoms with E-state index in [4.69, 9.17) is 11.6 Å². The maximum atomic E-state index is 5.13. The van der Waals surface area contributed by atoms with Gasteiger partial charge in [0.15, 0.2) is 0 Å². The Morgan fingerprint density at radius 3 is 2.40 bits per heavy atom. The van der Waals surface area contributed by atoms with Gasteiger partial charge in [0.25, 0.3) is 0 Å². The predicted molar refractivity (Wildman–Crippen MR) is 22.9 cm³/mol. The number of alkyl halides is 1. The van der Waals surface area contributed by atoms with Gasteiger partial charge >= 0.3 is 0 Å². The molecule has 0 aromatic carbocycles. The fourth-order valence-corrected chi connectivity index (χ4v) is 0.200. The van der Waals surface area contributed by atoms with Crippen molar-refractivity contribution in [3.8, 4) is 0 Å². The van der Waals surface area contributed by atoms with Crippen LogP contribution in [0.2, 0.25) is 0 Å². The molecule has 0 amide bonds. The van der Waals surface area contributed by atoms with Crippen LogP contribution in [0.3, 0.4) is 0 Å². The van der Waals surface area contributed by atoms with Gasteiger partial charge in [0, 0.05) is 0 Å². The van der Waals surface area contributed by atoms with E-state index in [2.05, 4.69) is 10.9 Å². The molecule has 2 nitrogen and oxygen atoms in total. The summed E-state index contributed by atoms with van der Waals surface area (Å²) in [4.78, 5) is 0. The first-order valence-electron chi connectivity index (χ1n) is 1.37. The van der Waals surface area contributed by atoms with Crippen LogP contribution in [0.4, 0.5) is 0 Å². The summed E-state index contributed by atoms with van der Waals surface area (Å²) in [6.45, 7) is 0. The standard InChI is InChI=1S/C2H7ClN2/c1-4-5-2-3/h4-5H,2H2,1H3. The molecule has 0 heterocycles. The second-order valence-corrected chi connectivity index (χ2v) is 0.828. The Morgan fingerprint density at radius 2 is 2.40 bits per heavy atom. The van der Waals surface area contributed by atoms with Gasteiger partial charge in [-0.2, -0.15) is 0 Å². The molecule has 0 saturated carbocycles. The Kier molecular flexibility index (Phi) is 4.39. The predicted octanol–water partition coefficient (Wildman–Crippen LogP) is -0.0933. The van der Waals surface area contributed by atoms with E-state index in [1.54, 1.807) is 7.05 Å². The van der Waals surface area contributed by atoms with Crippen LogP contribution in [0.15, 0.2) is 0 Å². The Morgan fingerprint density at radius 1 is 1.80 bits per heavy atom. The zero-order chi connectivity index (χ0) is 4.12. The van der Waals surface area contributed by atoms with E-state index in [-0.39, 0.29) is 0 Å². The number of halogens is 1. The molecule has 0 rings (SSSR count). The Hall–Kier alpha value is 0.210. The lowest BCUT2D eigenvalue weighted by molar-refractivity contribution is 0.669. The highest BCUT2D eigenvalue weighted by molar-refractivity contribution is 6.17. The second-order valence-electron chi connectivity index (χ2n) is 0.560. The molecule has 0 saturated heterocycles. The summed E-state index contributed by atoms with van der Waals surface area (Å²) in [6, 6.07) is 0.455. The van der Waals surface area contributed by atoms with Gasteiger partial charge in [0.05, 0.1) is 6.00 Å². The molecular formula is C2H7ClN2. The third-order valence-corrected chi connectivity index (χ3v) is 0.377. The van der Waals surface area contributed by atoms with E-state index in [1.807, 2.05) is 0 Å². The summed E-state index contributed by atoms with van der Waals surface area (Å²) in [5.74, 6) is 0. The fourth-order valence-electron chi connectivity index (χ4n) is 0.0668. The molecule has 0 fully saturated rings. The van der Waals surface area contributed by atoms with Crippen LogP contribution >= 0.6 is 11.6 Å². The highest BCUT2D eigenvalue weighted by Gasteiger charge is 1.61. The largest absolute Gasteiger partial charge is 0.260 e. The van der Waals surface area contributed by atoms with Crippen LogP contribution in [0.25, 0.3) is 0 Å². The Balaban J connectivity index is 2.19. The van der Waals surface area contributed by atoms with E-state index in [1.165, 1.54) is 0 Å². The van der Waals surface area contributed by atoms with E-state index >= 15 is 0 Å². The molecule has 3 heteroatoms. The summed E-state index contributed by atoms with van der Waals surface area (Å²) >= 11 is 5.13. The molecule has 2 N–H and O–H groups in total. The Labute approximate surface area is 36.5 Å². The van der Waals surface area contributed by atoms with Crippen molar-refractivity contribution in [2.24, 2.45) is 0 Å². The minimum atomic E-state index is 0.455. The molecule has 0 unspecified atom stereocenters. The first kappa shape index (κ1) is 5.21. The molecule has 0 radical (unpaired) electrons. The summed E-state index contributed by atoms with van der Waals surface area (Å²) in [6.07, 6.45) is 0. The molecule has 0 aliphatic heterocycles. The second kappa shape index (κ2) is 4.21. The van der Waals surface area contributed by atoms with Gasteiger partial charge in [0.1, 0.15) is 0 Å². The van der Waals surface area contributed by atoms with Crippen molar-refractivity contribution < 1.29 is 0 Å². The van der Waals surface area contributed by atoms with Crippen LogP contribution in [0.5, 0.6) is 0 Å². The van der Waals surface area contributed by atoms with E-state index in [9.17, 15) is 0 Å². The number of hydrazine groups is 1. The first-order chi connectivity index (χ1) is 2.41. The molecule has 0 aliphatic rings. The third-order valence-electron chi connectivity index (χ3n) is 0.244. The maximum Gasteiger partial charge on any atom is 0.0844 e. The van der Waals surface area contributed by atoms with Gasteiger partial charge in [0.2, 0.25) is 0 Å². The van der Waals surface area contributed by atoms with Gasteiger partial charge in [-0.3, -0.25) is 5.43 Å². The average molecular weight is 94.5 g/mol. The lowest BCUT2D eigenvalue weighted by Crippen LogP contribution is -2.25. The normalized spacial score (nSPS) is 8.40. The van der Waals surface area contributed by atoms with Crippen molar-refractivity contribution in [3.63, 3.8) is 0 Å². The van der Waals surface area contributed by atoms with Crippen molar-refractivity contribution in [3.05, 3.63) is 0 Å². The van der Waals surface area contributed by atoms with Crippen LogP contribution in [-0.2, 0) is 0 Å². The summed E-state index contributed by atoms with van der Waals surface area (Å²) < 4.78 is 0. The monoisotopic (exact) mass is 94.0 g/mol. The zero-order valence-electron chi connectivity index (χ0n) is 3.09. The van der Waals surface area contributed by atoms with E-state index < -0.39 is 0 Å². The van der Waals surface area contributed by atoms with Gasteiger partial charge in [-0.05, 0) is 7.05 Å². The first-order valence-corrected chi connectivity index (χ1v) is 1.91. The van der Waals surface area contributed by atoms with Crippen LogP contribution in [-0.4, -0.2) is 13.1 Å². The quantitative estimate of drug-likeness (QED) is 0.284. The number of hydrogen-bond donors (Lipinski definition) is 2. The van der Waals surface area contributed by atoms with Crippen LogP contribution in [0, 0.1) is 0 Å². The number of rotatable bonds is 2. The number of nitrogens with one attached hydrogen (secondary N) is 2. The third kappa shape index (κ3) is 4.21. The highest BCUT2D eigenvalue weighted by atomic mass is 35.5. The van der Waals surface area contributed by atoms with E-state index in [0.29, 0.717) is 6.00 Å². The fraction of sp³-hybridized carbons (Fsp3) is 1.00. The lowest BCUT2D eigenvalue weighted by atomic mass is 11.4. The molecule has 5 heavy (non-hydrogen) atoms. The topological polar surface area (TPSA) is 24.1 Å². The minimum absolute atomic E-state index is 0.455. The van der Waals surface area contributed by atoms with Gasteiger partial charge in [-0.15, -0.1) is 11.6 Å². The molecule has 0 aromatic heterocycles.